The molecule has 0 saturated carbocycles. The Balaban J connectivity index is 1.96. The van der Waals surface area contributed by atoms with Gasteiger partial charge in [0.15, 0.2) is 5.78 Å². The normalized spacial score (nSPS) is 10.7. The van der Waals surface area contributed by atoms with Gasteiger partial charge in [-0.3, -0.25) is 4.79 Å². The van der Waals surface area contributed by atoms with E-state index in [1.807, 2.05) is 49.4 Å². The highest BCUT2D eigenvalue weighted by Crippen LogP contribution is 2.35. The molecule has 4 heteroatoms. The molecule has 0 N–H and O–H groups in total. The lowest BCUT2D eigenvalue weighted by molar-refractivity contribution is -0.120. The van der Waals surface area contributed by atoms with Crippen LogP contribution in [0.15, 0.2) is 48.5 Å². The Kier molecular flexibility index (Phi) is 3.97. The standard InChI is InChI=1S/C17H15NO2S/c1-2-12(19)11-20-15-9-5-3-7-13(15)17-18-14-8-4-6-10-16(14)21-17/h3-10H,2,11H2,1H3. The van der Waals surface area contributed by atoms with Crippen LogP contribution in [0, 0.1) is 0 Å². The SMILES string of the molecule is CCC(=O)COc1ccccc1-c1nc2ccccc2s1. The average molecular weight is 297 g/mol. The third-order valence-electron chi connectivity index (χ3n) is 3.19. The first-order chi connectivity index (χ1) is 10.3. The lowest BCUT2D eigenvalue weighted by atomic mass is 10.2. The van der Waals surface area contributed by atoms with Crippen LogP contribution in [-0.2, 0) is 4.79 Å². The highest BCUT2D eigenvalue weighted by molar-refractivity contribution is 7.21. The molecule has 0 unspecified atom stereocenters. The molecule has 0 fully saturated rings. The highest BCUT2D eigenvalue weighted by atomic mass is 32.1. The summed E-state index contributed by atoms with van der Waals surface area (Å²) in [4.78, 5) is 16.1. The lowest BCUT2D eigenvalue weighted by Crippen LogP contribution is -2.09. The van der Waals surface area contributed by atoms with Crippen molar-refractivity contribution in [3.05, 3.63) is 48.5 Å². The van der Waals surface area contributed by atoms with Crippen molar-refractivity contribution in [3.8, 4) is 16.3 Å². The van der Waals surface area contributed by atoms with Crippen LogP contribution in [0.3, 0.4) is 0 Å². The highest BCUT2D eigenvalue weighted by Gasteiger charge is 2.11. The maximum atomic E-state index is 11.4. The number of hydrogen-bond donors (Lipinski definition) is 0. The topological polar surface area (TPSA) is 39.2 Å². The Labute approximate surface area is 127 Å². The van der Waals surface area contributed by atoms with Crippen molar-refractivity contribution in [2.45, 2.75) is 13.3 Å². The average Bonchev–Trinajstić information content (AvgIpc) is 2.96. The number of carbonyl (C=O) groups excluding carboxylic acids is 1. The number of carbonyl (C=O) groups is 1. The van der Waals surface area contributed by atoms with Gasteiger partial charge in [0.1, 0.15) is 17.4 Å². The molecule has 2 aromatic carbocycles. The number of thiazole rings is 1. The van der Waals surface area contributed by atoms with E-state index in [1.165, 1.54) is 0 Å². The molecule has 1 aromatic heterocycles. The molecule has 0 radical (unpaired) electrons. The van der Waals surface area contributed by atoms with E-state index in [2.05, 4.69) is 11.1 Å². The number of nitrogens with zero attached hydrogens (tertiary/aromatic N) is 1. The predicted molar refractivity (Wildman–Crippen MR) is 85.8 cm³/mol. The second kappa shape index (κ2) is 6.06. The molecule has 0 saturated heterocycles. The van der Waals surface area contributed by atoms with Gasteiger partial charge < -0.3 is 4.74 Å². The molecule has 0 aliphatic rings. The van der Waals surface area contributed by atoms with E-state index in [9.17, 15) is 4.79 Å². The van der Waals surface area contributed by atoms with Gasteiger partial charge in [0, 0.05) is 6.42 Å². The summed E-state index contributed by atoms with van der Waals surface area (Å²) in [7, 11) is 0. The molecule has 106 valence electrons. The van der Waals surface area contributed by atoms with Crippen molar-refractivity contribution in [2.24, 2.45) is 0 Å². The van der Waals surface area contributed by atoms with Crippen LogP contribution in [0.25, 0.3) is 20.8 Å². The van der Waals surface area contributed by atoms with Gasteiger partial charge in [-0.05, 0) is 24.3 Å². The number of hydrogen-bond acceptors (Lipinski definition) is 4. The molecule has 0 spiro atoms. The molecular formula is C17H15NO2S. The zero-order chi connectivity index (χ0) is 14.7. The Hall–Kier alpha value is -2.20. The van der Waals surface area contributed by atoms with E-state index in [-0.39, 0.29) is 12.4 Å². The molecule has 0 bridgehead atoms. The van der Waals surface area contributed by atoms with E-state index in [1.54, 1.807) is 11.3 Å². The van der Waals surface area contributed by atoms with Crippen LogP contribution in [0.1, 0.15) is 13.3 Å². The fourth-order valence-corrected chi connectivity index (χ4v) is 3.01. The van der Waals surface area contributed by atoms with E-state index < -0.39 is 0 Å². The molecule has 21 heavy (non-hydrogen) atoms. The fraction of sp³-hybridized carbons (Fsp3) is 0.176. The summed E-state index contributed by atoms with van der Waals surface area (Å²) < 4.78 is 6.80. The van der Waals surface area contributed by atoms with E-state index in [0.29, 0.717) is 12.2 Å². The summed E-state index contributed by atoms with van der Waals surface area (Å²) >= 11 is 1.63. The van der Waals surface area contributed by atoms with Gasteiger partial charge in [-0.1, -0.05) is 31.2 Å². The zero-order valence-corrected chi connectivity index (χ0v) is 12.5. The third kappa shape index (κ3) is 2.95. The largest absolute Gasteiger partial charge is 0.485 e. The van der Waals surface area contributed by atoms with Crippen LogP contribution in [-0.4, -0.2) is 17.4 Å². The monoisotopic (exact) mass is 297 g/mol. The molecule has 0 amide bonds. The molecule has 0 atom stereocenters. The minimum atomic E-state index is 0.0918. The Morgan fingerprint density at radius 2 is 1.90 bits per heavy atom. The first-order valence-corrected chi connectivity index (χ1v) is 7.69. The number of fused-ring (bicyclic) bond motifs is 1. The summed E-state index contributed by atoms with van der Waals surface area (Å²) in [6.07, 6.45) is 0.489. The summed E-state index contributed by atoms with van der Waals surface area (Å²) in [5.74, 6) is 0.799. The Morgan fingerprint density at radius 3 is 2.71 bits per heavy atom. The summed E-state index contributed by atoms with van der Waals surface area (Å²) in [6.45, 7) is 1.95. The van der Waals surface area contributed by atoms with Crippen LogP contribution in [0.2, 0.25) is 0 Å². The second-order valence-electron chi connectivity index (χ2n) is 4.66. The maximum absolute atomic E-state index is 11.4. The number of para-hydroxylation sites is 2. The lowest BCUT2D eigenvalue weighted by Gasteiger charge is -2.08. The molecule has 3 nitrogen and oxygen atoms in total. The number of Topliss-reactive ketones (excluding diaryl/α,β-unsaturated/α-hetero) is 1. The molecule has 0 aliphatic heterocycles. The molecule has 1 heterocycles. The van der Waals surface area contributed by atoms with Crippen molar-refractivity contribution in [2.75, 3.05) is 6.61 Å². The summed E-state index contributed by atoms with van der Waals surface area (Å²) in [6, 6.07) is 15.8. The molecular weight excluding hydrogens is 282 g/mol. The first kappa shape index (κ1) is 13.8. The number of benzene rings is 2. The Morgan fingerprint density at radius 1 is 1.14 bits per heavy atom. The number of rotatable bonds is 5. The quantitative estimate of drug-likeness (QED) is 0.704. The molecule has 3 aromatic rings. The smallest absolute Gasteiger partial charge is 0.169 e. The van der Waals surface area contributed by atoms with Crippen molar-refractivity contribution in [1.82, 2.24) is 4.98 Å². The number of ketones is 1. The van der Waals surface area contributed by atoms with Gasteiger partial charge in [-0.25, -0.2) is 4.98 Å². The minimum Gasteiger partial charge on any atom is -0.485 e. The van der Waals surface area contributed by atoms with Crippen LogP contribution in [0.5, 0.6) is 5.75 Å². The van der Waals surface area contributed by atoms with Crippen LogP contribution < -0.4 is 4.74 Å². The molecule has 0 aliphatic carbocycles. The van der Waals surface area contributed by atoms with Crippen molar-refractivity contribution in [3.63, 3.8) is 0 Å². The van der Waals surface area contributed by atoms with Gasteiger partial charge >= 0.3 is 0 Å². The van der Waals surface area contributed by atoms with Gasteiger partial charge in [-0.15, -0.1) is 11.3 Å². The summed E-state index contributed by atoms with van der Waals surface area (Å²) in [5, 5.41) is 0.913. The zero-order valence-electron chi connectivity index (χ0n) is 11.7. The third-order valence-corrected chi connectivity index (χ3v) is 4.26. The first-order valence-electron chi connectivity index (χ1n) is 6.87. The van der Waals surface area contributed by atoms with Crippen molar-refractivity contribution in [1.29, 1.82) is 0 Å². The van der Waals surface area contributed by atoms with E-state index in [0.717, 1.165) is 20.8 Å². The number of ether oxygens (including phenoxy) is 1. The Bertz CT molecular complexity index is 746. The van der Waals surface area contributed by atoms with Crippen molar-refractivity contribution < 1.29 is 9.53 Å². The maximum Gasteiger partial charge on any atom is 0.169 e. The number of aromatic nitrogens is 1. The van der Waals surface area contributed by atoms with Crippen molar-refractivity contribution >= 4 is 27.3 Å². The minimum absolute atomic E-state index is 0.0918. The van der Waals surface area contributed by atoms with Gasteiger partial charge in [0.2, 0.25) is 0 Å². The van der Waals surface area contributed by atoms with Crippen LogP contribution >= 0.6 is 11.3 Å². The van der Waals surface area contributed by atoms with Gasteiger partial charge in [-0.2, -0.15) is 0 Å². The van der Waals surface area contributed by atoms with Crippen LogP contribution in [0.4, 0.5) is 0 Å². The molecule has 3 rings (SSSR count). The van der Waals surface area contributed by atoms with Gasteiger partial charge in [0.05, 0.1) is 15.8 Å². The second-order valence-corrected chi connectivity index (χ2v) is 5.69. The fourth-order valence-electron chi connectivity index (χ4n) is 2.02. The summed E-state index contributed by atoms with van der Waals surface area (Å²) in [5.41, 5.74) is 1.92. The van der Waals surface area contributed by atoms with Gasteiger partial charge in [0.25, 0.3) is 0 Å². The van der Waals surface area contributed by atoms with E-state index in [4.69, 9.17) is 4.74 Å². The predicted octanol–water partition coefficient (Wildman–Crippen LogP) is 4.32. The van der Waals surface area contributed by atoms with E-state index >= 15 is 0 Å².